The van der Waals surface area contributed by atoms with Crippen LogP contribution in [-0.2, 0) is 14.3 Å². The average Bonchev–Trinajstić information content (AvgIpc) is 3.24. The normalized spacial score (nSPS) is 12.8. The number of nitrogens with one attached hydrogen (secondary N) is 1. The lowest BCUT2D eigenvalue weighted by molar-refractivity contribution is -0.143. The Kier molecular flexibility index (Phi) is 47.6. The number of carbonyl (C=O) groups excluding carboxylic acids is 2. The van der Waals surface area contributed by atoms with E-state index in [1.165, 1.54) is 193 Å². The van der Waals surface area contributed by atoms with E-state index in [9.17, 15) is 19.8 Å². The van der Waals surface area contributed by atoms with Gasteiger partial charge in [0.2, 0.25) is 5.91 Å². The molecule has 0 aromatic carbocycles. The summed E-state index contributed by atoms with van der Waals surface area (Å²) in [5.41, 5.74) is 0. The van der Waals surface area contributed by atoms with Crippen molar-refractivity contribution in [3.63, 3.8) is 0 Å². The third-order valence-corrected chi connectivity index (χ3v) is 12.0. The van der Waals surface area contributed by atoms with Crippen molar-refractivity contribution in [2.24, 2.45) is 0 Å². The fourth-order valence-corrected chi connectivity index (χ4v) is 7.92. The highest BCUT2D eigenvalue weighted by Gasteiger charge is 2.18. The quantitative estimate of drug-likeness (QED) is 0.0322. The van der Waals surface area contributed by atoms with Gasteiger partial charge in [-0.15, -0.1) is 0 Å². The Balaban J connectivity index is 3.44. The van der Waals surface area contributed by atoms with Crippen LogP contribution in [0.3, 0.4) is 0 Å². The van der Waals surface area contributed by atoms with Crippen LogP contribution < -0.4 is 5.32 Å². The van der Waals surface area contributed by atoms with E-state index in [4.69, 9.17) is 4.74 Å². The molecule has 0 aliphatic heterocycles. The fourth-order valence-electron chi connectivity index (χ4n) is 7.92. The molecule has 0 spiro atoms. The van der Waals surface area contributed by atoms with E-state index < -0.39 is 12.1 Å². The number of ether oxygens (including phenoxy) is 1. The molecule has 6 nitrogen and oxygen atoms in total. The molecule has 1 amide bonds. The zero-order chi connectivity index (χ0) is 43.0. The molecule has 348 valence electrons. The maximum atomic E-state index is 12.4. The van der Waals surface area contributed by atoms with Gasteiger partial charge in [0.1, 0.15) is 0 Å². The molecule has 0 aromatic rings. The zero-order valence-corrected chi connectivity index (χ0v) is 39.5. The molecule has 3 N–H and O–H groups in total. The van der Waals surface area contributed by atoms with Gasteiger partial charge in [0, 0.05) is 12.8 Å². The van der Waals surface area contributed by atoms with Crippen LogP contribution in [0.4, 0.5) is 0 Å². The maximum absolute atomic E-state index is 12.4. The molecule has 0 aliphatic carbocycles. The standard InChI is InChI=1S/C53H101NO5/c1-3-5-7-9-11-13-15-16-17-20-23-27-31-35-39-43-47-53(58)59-48-44-40-36-32-28-24-21-18-19-22-26-30-34-38-42-46-52(57)54-50(49-55)51(56)45-41-37-33-29-25-14-12-10-8-6-4-2/h17,20,41,45,50-51,55-56H,3-16,18-19,21-40,42-44,46-49H2,1-2H3,(H,54,57)/b20-17-,45-41+. The number of aliphatic hydroxyl groups is 2. The molecular weight excluding hydrogens is 731 g/mol. The van der Waals surface area contributed by atoms with Crippen LogP contribution in [0.25, 0.3) is 0 Å². The Hall–Kier alpha value is -1.66. The van der Waals surface area contributed by atoms with E-state index in [0.29, 0.717) is 19.4 Å². The van der Waals surface area contributed by atoms with Gasteiger partial charge in [0.05, 0.1) is 25.4 Å². The van der Waals surface area contributed by atoms with Gasteiger partial charge in [-0.05, 0) is 57.8 Å². The number of hydrogen-bond acceptors (Lipinski definition) is 5. The van der Waals surface area contributed by atoms with Gasteiger partial charge in [0.25, 0.3) is 0 Å². The van der Waals surface area contributed by atoms with E-state index in [0.717, 1.165) is 57.8 Å². The highest BCUT2D eigenvalue weighted by atomic mass is 16.5. The molecule has 59 heavy (non-hydrogen) atoms. The first-order valence-corrected chi connectivity index (χ1v) is 26.1. The van der Waals surface area contributed by atoms with E-state index in [-0.39, 0.29) is 18.5 Å². The number of esters is 1. The second-order valence-corrected chi connectivity index (χ2v) is 17.9. The largest absolute Gasteiger partial charge is 0.466 e. The Morgan fingerprint density at radius 2 is 0.797 bits per heavy atom. The van der Waals surface area contributed by atoms with E-state index >= 15 is 0 Å². The number of aliphatic hydroxyl groups excluding tert-OH is 2. The van der Waals surface area contributed by atoms with Gasteiger partial charge in [0.15, 0.2) is 0 Å². The van der Waals surface area contributed by atoms with Crippen LogP contribution in [-0.4, -0.2) is 47.4 Å². The van der Waals surface area contributed by atoms with Crippen LogP contribution in [0.2, 0.25) is 0 Å². The van der Waals surface area contributed by atoms with E-state index in [1.807, 2.05) is 6.08 Å². The first kappa shape index (κ1) is 57.3. The van der Waals surface area contributed by atoms with Crippen molar-refractivity contribution in [3.05, 3.63) is 24.3 Å². The molecule has 2 unspecified atom stereocenters. The van der Waals surface area contributed by atoms with Gasteiger partial charge < -0.3 is 20.3 Å². The highest BCUT2D eigenvalue weighted by molar-refractivity contribution is 5.76. The van der Waals surface area contributed by atoms with Crippen LogP contribution >= 0.6 is 0 Å². The number of unbranched alkanes of at least 4 members (excludes halogenated alkanes) is 35. The molecule has 6 heteroatoms. The predicted octanol–water partition coefficient (Wildman–Crippen LogP) is 15.5. The van der Waals surface area contributed by atoms with Crippen LogP contribution in [0, 0.1) is 0 Å². The van der Waals surface area contributed by atoms with Crippen molar-refractivity contribution in [1.82, 2.24) is 5.32 Å². The molecule has 0 bridgehead atoms. The van der Waals surface area contributed by atoms with Gasteiger partial charge >= 0.3 is 5.97 Å². The minimum absolute atomic E-state index is 0.00826. The summed E-state index contributed by atoms with van der Waals surface area (Å²) in [4.78, 5) is 24.4. The summed E-state index contributed by atoms with van der Waals surface area (Å²) in [6, 6.07) is -0.633. The topological polar surface area (TPSA) is 95.9 Å². The summed E-state index contributed by atoms with van der Waals surface area (Å²) in [6.45, 7) is 4.86. The Bertz CT molecular complexity index is 920. The molecule has 0 heterocycles. The molecule has 0 saturated heterocycles. The van der Waals surface area contributed by atoms with Crippen molar-refractivity contribution in [3.8, 4) is 0 Å². The predicted molar refractivity (Wildman–Crippen MR) is 255 cm³/mol. The molecule has 0 aliphatic rings. The first-order chi connectivity index (χ1) is 29.0. The highest BCUT2D eigenvalue weighted by Crippen LogP contribution is 2.16. The van der Waals surface area contributed by atoms with Crippen molar-refractivity contribution in [2.45, 2.75) is 289 Å². The summed E-state index contributed by atoms with van der Waals surface area (Å²) >= 11 is 0. The monoisotopic (exact) mass is 832 g/mol. The summed E-state index contributed by atoms with van der Waals surface area (Å²) in [5, 5.41) is 23.0. The maximum Gasteiger partial charge on any atom is 0.305 e. The van der Waals surface area contributed by atoms with Crippen LogP contribution in [0.5, 0.6) is 0 Å². The van der Waals surface area contributed by atoms with Crippen LogP contribution in [0.15, 0.2) is 24.3 Å². The van der Waals surface area contributed by atoms with Gasteiger partial charge in [-0.2, -0.15) is 0 Å². The summed E-state index contributed by atoms with van der Waals surface area (Å²) in [7, 11) is 0. The lowest BCUT2D eigenvalue weighted by atomic mass is 10.0. The lowest BCUT2D eigenvalue weighted by Crippen LogP contribution is -2.45. The Morgan fingerprint density at radius 1 is 0.458 bits per heavy atom. The molecular formula is C53H101NO5. The third-order valence-electron chi connectivity index (χ3n) is 12.0. The fraction of sp³-hybridized carbons (Fsp3) is 0.887. The zero-order valence-electron chi connectivity index (χ0n) is 39.5. The Morgan fingerprint density at radius 3 is 1.20 bits per heavy atom. The first-order valence-electron chi connectivity index (χ1n) is 26.1. The van der Waals surface area contributed by atoms with Crippen molar-refractivity contribution in [2.75, 3.05) is 13.2 Å². The average molecular weight is 832 g/mol. The molecule has 0 fully saturated rings. The minimum Gasteiger partial charge on any atom is -0.466 e. The molecule has 0 radical (unpaired) electrons. The second-order valence-electron chi connectivity index (χ2n) is 17.9. The third kappa shape index (κ3) is 45.7. The van der Waals surface area contributed by atoms with E-state index in [1.54, 1.807) is 6.08 Å². The molecule has 0 rings (SSSR count). The number of carbonyl (C=O) groups is 2. The van der Waals surface area contributed by atoms with Gasteiger partial charge in [-0.25, -0.2) is 0 Å². The minimum atomic E-state index is -0.848. The number of rotatable bonds is 48. The summed E-state index contributed by atoms with van der Waals surface area (Å²) in [5.74, 6) is -0.0864. The van der Waals surface area contributed by atoms with E-state index in [2.05, 4.69) is 31.3 Å². The van der Waals surface area contributed by atoms with Gasteiger partial charge in [-0.1, -0.05) is 231 Å². The van der Waals surface area contributed by atoms with Crippen LogP contribution in [0.1, 0.15) is 277 Å². The summed E-state index contributed by atoms with van der Waals surface area (Å²) < 4.78 is 5.47. The second kappa shape index (κ2) is 49.0. The number of allylic oxidation sites excluding steroid dienone is 3. The van der Waals surface area contributed by atoms with Gasteiger partial charge in [-0.3, -0.25) is 9.59 Å². The van der Waals surface area contributed by atoms with Crippen molar-refractivity contribution >= 4 is 11.9 Å². The number of amides is 1. The number of hydrogen-bond donors (Lipinski definition) is 3. The SMILES string of the molecule is CCCCCCCCC/C=C\CCCCCCCC(=O)OCCCCCCCCCCCCCCCCCC(=O)NC(CO)C(O)/C=C/CCCCCCCCCCC. The molecule has 0 aromatic heterocycles. The van der Waals surface area contributed by atoms with Crippen molar-refractivity contribution in [1.29, 1.82) is 0 Å². The molecule has 2 atom stereocenters. The van der Waals surface area contributed by atoms with Crippen molar-refractivity contribution < 1.29 is 24.5 Å². The summed E-state index contributed by atoms with van der Waals surface area (Å²) in [6.07, 6.45) is 57.5. The lowest BCUT2D eigenvalue weighted by Gasteiger charge is -2.20. The molecule has 0 saturated carbocycles. The smallest absolute Gasteiger partial charge is 0.305 e. The Labute approximate surface area is 367 Å².